The van der Waals surface area contributed by atoms with E-state index in [1.54, 1.807) is 0 Å². The Hall–Kier alpha value is -0.570. The summed E-state index contributed by atoms with van der Waals surface area (Å²) < 4.78 is 11.1. The third-order valence-electron chi connectivity index (χ3n) is 5.10. The van der Waals surface area contributed by atoms with Gasteiger partial charge in [-0.25, -0.2) is 0 Å². The van der Waals surface area contributed by atoms with Crippen molar-refractivity contribution in [2.45, 2.75) is 83.3 Å². The molecule has 0 atom stereocenters. The second kappa shape index (κ2) is 8.66. The van der Waals surface area contributed by atoms with Crippen molar-refractivity contribution in [2.24, 2.45) is 11.8 Å². The molecule has 0 heterocycles. The molecule has 2 rings (SSSR count). The lowest BCUT2D eigenvalue weighted by molar-refractivity contribution is -0.136. The minimum Gasteiger partial charge on any atom is -0.465 e. The number of hydrogen-bond acceptors (Lipinski definition) is 3. The van der Waals surface area contributed by atoms with Crippen LogP contribution in [0.15, 0.2) is 0 Å². The first-order valence-electron chi connectivity index (χ1n) is 8.52. The maximum atomic E-state index is 10.3. The number of carbonyl (C=O) groups excluding carboxylic acids is 1. The van der Waals surface area contributed by atoms with E-state index in [9.17, 15) is 4.79 Å². The van der Waals surface area contributed by atoms with Crippen LogP contribution in [0.3, 0.4) is 0 Å². The highest BCUT2D eigenvalue weighted by molar-refractivity contribution is 5.37. The number of ether oxygens (including phenoxy) is 2. The molecule has 0 N–H and O–H groups in total. The summed E-state index contributed by atoms with van der Waals surface area (Å²) in [6, 6.07) is 0. The van der Waals surface area contributed by atoms with Gasteiger partial charge in [0.15, 0.2) is 0 Å². The lowest BCUT2D eigenvalue weighted by Crippen LogP contribution is -2.28. The molecule has 0 bridgehead atoms. The fourth-order valence-electron chi connectivity index (χ4n) is 3.78. The van der Waals surface area contributed by atoms with Gasteiger partial charge in [0.25, 0.3) is 6.47 Å². The van der Waals surface area contributed by atoms with Crippen LogP contribution in [-0.4, -0.2) is 25.3 Å². The summed E-state index contributed by atoms with van der Waals surface area (Å²) >= 11 is 0. The van der Waals surface area contributed by atoms with Crippen molar-refractivity contribution in [3.8, 4) is 0 Å². The van der Waals surface area contributed by atoms with Crippen LogP contribution < -0.4 is 0 Å². The molecule has 3 nitrogen and oxygen atoms in total. The standard InChI is InChI=1S/C17H30O3/c1-2-3-14-4-6-15(7-5-14)12-19-16-8-10-17(11-9-16)20-13-18/h13-17H,2-12H2,1H3. The van der Waals surface area contributed by atoms with Gasteiger partial charge in [-0.15, -0.1) is 0 Å². The Balaban J connectivity index is 1.56. The zero-order valence-corrected chi connectivity index (χ0v) is 12.9. The number of hydrogen-bond donors (Lipinski definition) is 0. The Morgan fingerprint density at radius 1 is 0.900 bits per heavy atom. The molecule has 0 aromatic heterocycles. The molecule has 2 aliphatic rings. The fraction of sp³-hybridized carbons (Fsp3) is 0.941. The Bertz CT molecular complexity index is 263. The van der Waals surface area contributed by atoms with Gasteiger partial charge in [-0.05, 0) is 50.4 Å². The van der Waals surface area contributed by atoms with Crippen molar-refractivity contribution in [1.29, 1.82) is 0 Å². The highest BCUT2D eigenvalue weighted by Gasteiger charge is 2.25. The number of rotatable bonds is 7. The van der Waals surface area contributed by atoms with Crippen LogP contribution in [0.4, 0.5) is 0 Å². The average molecular weight is 282 g/mol. The molecule has 116 valence electrons. The summed E-state index contributed by atoms with van der Waals surface area (Å²) in [7, 11) is 0. The molecule has 0 amide bonds. The predicted molar refractivity (Wildman–Crippen MR) is 79.5 cm³/mol. The van der Waals surface area contributed by atoms with Crippen LogP contribution in [0.1, 0.15) is 71.1 Å². The maximum Gasteiger partial charge on any atom is 0.293 e. The summed E-state index contributed by atoms with van der Waals surface area (Å²) in [6.07, 6.45) is 12.8. The topological polar surface area (TPSA) is 35.5 Å². The van der Waals surface area contributed by atoms with Gasteiger partial charge in [-0.1, -0.05) is 32.6 Å². The zero-order chi connectivity index (χ0) is 14.2. The Kier molecular flexibility index (Phi) is 6.85. The van der Waals surface area contributed by atoms with Crippen LogP contribution in [-0.2, 0) is 14.3 Å². The molecule has 0 unspecified atom stereocenters. The Morgan fingerprint density at radius 3 is 2.10 bits per heavy atom. The van der Waals surface area contributed by atoms with E-state index in [2.05, 4.69) is 6.92 Å². The van der Waals surface area contributed by atoms with Crippen molar-refractivity contribution in [3.63, 3.8) is 0 Å². The van der Waals surface area contributed by atoms with E-state index >= 15 is 0 Å². The first kappa shape index (κ1) is 15.8. The largest absolute Gasteiger partial charge is 0.465 e. The second-order valence-electron chi connectivity index (χ2n) is 6.64. The SMILES string of the molecule is CCCC1CCC(COC2CCC(OC=O)CC2)CC1. The zero-order valence-electron chi connectivity index (χ0n) is 12.9. The van der Waals surface area contributed by atoms with Crippen molar-refractivity contribution >= 4 is 6.47 Å². The quantitative estimate of drug-likeness (QED) is 0.660. The van der Waals surface area contributed by atoms with Gasteiger partial charge in [0, 0.05) is 6.61 Å². The lowest BCUT2D eigenvalue weighted by Gasteiger charge is -2.31. The van der Waals surface area contributed by atoms with E-state index in [4.69, 9.17) is 9.47 Å². The summed E-state index contributed by atoms with van der Waals surface area (Å²) in [4.78, 5) is 10.3. The third-order valence-corrected chi connectivity index (χ3v) is 5.10. The molecular formula is C17H30O3. The maximum absolute atomic E-state index is 10.3. The van der Waals surface area contributed by atoms with Gasteiger partial charge in [-0.3, -0.25) is 4.79 Å². The third kappa shape index (κ3) is 5.08. The Morgan fingerprint density at radius 2 is 1.50 bits per heavy atom. The summed E-state index contributed by atoms with van der Waals surface area (Å²) in [6.45, 7) is 3.82. The van der Waals surface area contributed by atoms with Crippen LogP contribution in [0.25, 0.3) is 0 Å². The molecule has 20 heavy (non-hydrogen) atoms. The predicted octanol–water partition coefficient (Wildman–Crippen LogP) is 4.09. The van der Waals surface area contributed by atoms with Gasteiger partial charge in [-0.2, -0.15) is 0 Å². The summed E-state index contributed by atoms with van der Waals surface area (Å²) in [5.41, 5.74) is 0. The molecule has 2 fully saturated rings. The highest BCUT2D eigenvalue weighted by atomic mass is 16.5. The number of carbonyl (C=O) groups is 1. The molecular weight excluding hydrogens is 252 g/mol. The normalized spacial score (nSPS) is 34.6. The Labute approximate surface area is 123 Å². The van der Waals surface area contributed by atoms with E-state index in [-0.39, 0.29) is 6.10 Å². The van der Waals surface area contributed by atoms with Gasteiger partial charge in [0.05, 0.1) is 6.10 Å². The monoisotopic (exact) mass is 282 g/mol. The second-order valence-corrected chi connectivity index (χ2v) is 6.64. The van der Waals surface area contributed by atoms with Crippen LogP contribution >= 0.6 is 0 Å². The van der Waals surface area contributed by atoms with Gasteiger partial charge in [0.2, 0.25) is 0 Å². The van der Waals surface area contributed by atoms with E-state index in [1.165, 1.54) is 38.5 Å². The molecule has 2 aliphatic carbocycles. The minimum absolute atomic E-state index is 0.136. The first-order chi connectivity index (χ1) is 9.81. The van der Waals surface area contributed by atoms with Gasteiger partial charge >= 0.3 is 0 Å². The molecule has 0 aromatic carbocycles. The van der Waals surface area contributed by atoms with Crippen molar-refractivity contribution < 1.29 is 14.3 Å². The lowest BCUT2D eigenvalue weighted by atomic mass is 9.80. The van der Waals surface area contributed by atoms with Crippen LogP contribution in [0, 0.1) is 11.8 Å². The summed E-state index contributed by atoms with van der Waals surface area (Å²) in [5, 5.41) is 0. The summed E-state index contributed by atoms with van der Waals surface area (Å²) in [5.74, 6) is 1.76. The highest BCUT2D eigenvalue weighted by Crippen LogP contribution is 2.32. The van der Waals surface area contributed by atoms with Gasteiger partial charge < -0.3 is 9.47 Å². The minimum atomic E-state index is 0.136. The molecule has 2 saturated carbocycles. The molecule has 0 spiro atoms. The van der Waals surface area contributed by atoms with E-state index in [0.29, 0.717) is 12.6 Å². The van der Waals surface area contributed by atoms with Crippen molar-refractivity contribution in [1.82, 2.24) is 0 Å². The van der Waals surface area contributed by atoms with Crippen molar-refractivity contribution in [2.75, 3.05) is 6.61 Å². The molecule has 3 heteroatoms. The van der Waals surface area contributed by atoms with E-state index in [1.807, 2.05) is 0 Å². The molecule has 0 aliphatic heterocycles. The van der Waals surface area contributed by atoms with Gasteiger partial charge in [0.1, 0.15) is 6.10 Å². The molecule has 0 saturated heterocycles. The average Bonchev–Trinajstić information content (AvgIpc) is 2.49. The fourth-order valence-corrected chi connectivity index (χ4v) is 3.78. The van der Waals surface area contributed by atoms with Crippen molar-refractivity contribution in [3.05, 3.63) is 0 Å². The van der Waals surface area contributed by atoms with E-state index < -0.39 is 0 Å². The molecule has 0 radical (unpaired) electrons. The molecule has 0 aromatic rings. The van der Waals surface area contributed by atoms with Crippen LogP contribution in [0.2, 0.25) is 0 Å². The first-order valence-corrected chi connectivity index (χ1v) is 8.52. The van der Waals surface area contributed by atoms with Crippen LogP contribution in [0.5, 0.6) is 0 Å². The van der Waals surface area contributed by atoms with E-state index in [0.717, 1.165) is 44.1 Å². The smallest absolute Gasteiger partial charge is 0.293 e.